The van der Waals surface area contributed by atoms with Crippen LogP contribution in [0, 0.1) is 23.7 Å². The fourth-order valence-corrected chi connectivity index (χ4v) is 11.2. The van der Waals surface area contributed by atoms with E-state index in [1.54, 1.807) is 30.3 Å². The Balaban J connectivity index is 0.0000353. The Bertz CT molecular complexity index is 2200. The lowest BCUT2D eigenvalue weighted by Gasteiger charge is -2.26. The zero-order chi connectivity index (χ0) is 61.5. The average Bonchev–Trinajstić information content (AvgIpc) is 3.63. The molecule has 0 radical (unpaired) electrons. The number of Topliss-reactive ketones (excluding diaryl/α,β-unsaturated/α-hetero) is 5. The van der Waals surface area contributed by atoms with E-state index in [0.29, 0.717) is 37.8 Å². The third-order valence-corrected chi connectivity index (χ3v) is 16.3. The van der Waals surface area contributed by atoms with Gasteiger partial charge in [-0.25, -0.2) is 0 Å². The molecule has 1 unspecified atom stereocenters. The molecule has 5 amide bonds. The minimum atomic E-state index is -1.38. The zero-order valence-corrected chi connectivity index (χ0v) is 50.9. The molecule has 1 aliphatic rings. The SMILES string of the molecule is CCCCCCCCCCCCCCCC(=O)CC(CCCCN)C(=O)NCC(=O)N[C@H]1CSCC[C@@H](C(=O)C[C@H](C(C)=O)[C@@H](C)O)CC(=O)[C@H]([C@@H](C)O)CC(=O)CNC(=O)[C@H](Cc2ccccc2)NC(=O)[C@H](CCCN=C(N)N)NC1=O.[3HH]. The van der Waals surface area contributed by atoms with Crippen molar-refractivity contribution in [3.8, 4) is 0 Å². The number of aliphatic hydroxyl groups is 2. The second-order valence-corrected chi connectivity index (χ2v) is 23.6. The Hall–Kier alpha value is -5.58. The highest BCUT2D eigenvalue weighted by Crippen LogP contribution is 2.26. The van der Waals surface area contributed by atoms with Gasteiger partial charge < -0.3 is 54.0 Å². The number of hydrogen-bond acceptors (Lipinski definition) is 15. The van der Waals surface area contributed by atoms with Crippen LogP contribution in [0.1, 0.15) is 189 Å². The number of nitrogens with two attached hydrogens (primary N) is 3. The van der Waals surface area contributed by atoms with Gasteiger partial charge >= 0.3 is 0 Å². The summed E-state index contributed by atoms with van der Waals surface area (Å²) in [6, 6.07) is 4.68. The quantitative estimate of drug-likeness (QED) is 0.0249. The van der Waals surface area contributed by atoms with E-state index >= 15 is 0 Å². The molecule has 1 saturated heterocycles. The molecule has 1 heterocycles. The van der Waals surface area contributed by atoms with E-state index in [1.807, 2.05) is 0 Å². The molecule has 470 valence electrons. The van der Waals surface area contributed by atoms with Gasteiger partial charge in [0.1, 0.15) is 41.3 Å². The van der Waals surface area contributed by atoms with Crippen LogP contribution in [0.25, 0.3) is 0 Å². The van der Waals surface area contributed by atoms with Crippen LogP contribution in [-0.4, -0.2) is 143 Å². The van der Waals surface area contributed by atoms with E-state index in [1.165, 1.54) is 78.6 Å². The summed E-state index contributed by atoms with van der Waals surface area (Å²) in [5.74, 6) is -10.3. The minimum absolute atomic E-state index is 0. The molecule has 0 bridgehead atoms. The van der Waals surface area contributed by atoms with E-state index < -0.39 is 139 Å². The molecule has 1 aromatic carbocycles. The number of hydrogen-bond donors (Lipinski definition) is 10. The summed E-state index contributed by atoms with van der Waals surface area (Å²) in [6.07, 6.45) is 13.4. The van der Waals surface area contributed by atoms with Crippen molar-refractivity contribution in [2.24, 2.45) is 45.9 Å². The number of benzene rings is 1. The number of aliphatic hydroxyl groups excluding tert-OH is 2. The van der Waals surface area contributed by atoms with Gasteiger partial charge in [0, 0.05) is 70.0 Å². The first-order chi connectivity index (χ1) is 39.7. The number of nitrogens with one attached hydrogen (secondary N) is 5. The molecule has 83 heavy (non-hydrogen) atoms. The smallest absolute Gasteiger partial charge is 0.244 e. The molecule has 1 fully saturated rings. The average molecular weight is 1190 g/mol. The van der Waals surface area contributed by atoms with Crippen LogP contribution in [0.3, 0.4) is 0 Å². The topological polar surface area (TPSA) is 362 Å². The molecule has 0 aliphatic carbocycles. The van der Waals surface area contributed by atoms with Gasteiger partial charge in [-0.15, -0.1) is 0 Å². The maximum Gasteiger partial charge on any atom is 0.244 e. The third kappa shape index (κ3) is 32.3. The molecule has 21 nitrogen and oxygen atoms in total. The lowest BCUT2D eigenvalue weighted by atomic mass is 9.82. The van der Waals surface area contributed by atoms with E-state index in [4.69, 9.17) is 17.2 Å². The largest absolute Gasteiger partial charge is 0.393 e. The monoisotopic (exact) mass is 1190 g/mol. The van der Waals surface area contributed by atoms with Gasteiger partial charge in [0.05, 0.1) is 31.2 Å². The van der Waals surface area contributed by atoms with E-state index in [2.05, 4.69) is 38.5 Å². The molecule has 9 atom stereocenters. The number of rotatable bonds is 36. The third-order valence-electron chi connectivity index (χ3n) is 15.2. The van der Waals surface area contributed by atoms with Crippen molar-refractivity contribution in [2.75, 3.05) is 37.7 Å². The van der Waals surface area contributed by atoms with E-state index in [9.17, 15) is 58.2 Å². The first-order valence-electron chi connectivity index (χ1n) is 30.4. The summed E-state index contributed by atoms with van der Waals surface area (Å²) >= 11 is 1.12. The molecule has 2 rings (SSSR count). The molecule has 1 aromatic rings. The number of guanidine groups is 1. The summed E-state index contributed by atoms with van der Waals surface area (Å²) < 4.78 is 0. The Morgan fingerprint density at radius 1 is 0.783 bits per heavy atom. The fourth-order valence-electron chi connectivity index (χ4n) is 10.1. The van der Waals surface area contributed by atoms with Gasteiger partial charge in [-0.2, -0.15) is 11.8 Å². The van der Waals surface area contributed by atoms with E-state index in [0.717, 1.165) is 37.4 Å². The number of thioether (sulfide) groups is 1. The van der Waals surface area contributed by atoms with Crippen molar-refractivity contribution in [1.29, 1.82) is 0 Å². The number of ketones is 5. The number of unbranched alkanes of at least 4 members (excludes halogenated alkanes) is 13. The Morgan fingerprint density at radius 3 is 2.00 bits per heavy atom. The predicted molar refractivity (Wildman–Crippen MR) is 326 cm³/mol. The summed E-state index contributed by atoms with van der Waals surface area (Å²) in [5, 5.41) is 34.5. The van der Waals surface area contributed by atoms with Crippen LogP contribution < -0.4 is 43.8 Å². The first-order valence-corrected chi connectivity index (χ1v) is 31.6. The van der Waals surface area contributed by atoms with Crippen LogP contribution in [0.4, 0.5) is 0 Å². The normalized spacial score (nSPS) is 20.3. The van der Waals surface area contributed by atoms with Crippen molar-refractivity contribution in [3.63, 3.8) is 0 Å². The number of carbonyl (C=O) groups is 10. The van der Waals surface area contributed by atoms with Gasteiger partial charge in [0.15, 0.2) is 11.7 Å². The molecule has 22 heteroatoms. The Labute approximate surface area is 498 Å². The van der Waals surface area contributed by atoms with Crippen molar-refractivity contribution >= 4 is 76.2 Å². The summed E-state index contributed by atoms with van der Waals surface area (Å²) in [5.41, 5.74) is 17.5. The second kappa shape index (κ2) is 43.1. The highest BCUT2D eigenvalue weighted by molar-refractivity contribution is 7.99. The van der Waals surface area contributed by atoms with Crippen LogP contribution in [0.15, 0.2) is 35.3 Å². The van der Waals surface area contributed by atoms with Crippen molar-refractivity contribution in [2.45, 2.75) is 219 Å². The van der Waals surface area contributed by atoms with Gasteiger partial charge in [0.25, 0.3) is 0 Å². The molecule has 13 N–H and O–H groups in total. The Morgan fingerprint density at radius 2 is 1.41 bits per heavy atom. The standard InChI is InChI=1S/C61H101N9O12S.H2/c1-5-6-7-8-9-10-11-12-13-14-15-16-20-27-47(74)34-46(26-21-22-30-62)57(79)67-39-56(78)68-53-40-83-32-29-45(54(76)37-49(41(2)71)42(3)72)35-55(77)50(43(4)73)36-48(75)38-66-58(80)52(33-44-24-18-17-19-25-44)70-59(81)51(69-60(53)82)28-23-31-65-61(63)64;/h17-19,24-25,41,43,45-46,49-53,71,73H,5-16,20-23,26-40,62H2,1-4H3,(H,66,80)(H,67,79)(H,68,78)(H,69,82)(H,70,81)(H4,63,64,65);1H/t41-,43-,45-,46?,49+,50+,51+,52+,53+;/m1./s1/i;1+2. The second-order valence-electron chi connectivity index (χ2n) is 22.5. The molecular formula is C61H103N9O12S. The van der Waals surface area contributed by atoms with Crippen LogP contribution in [0.5, 0.6) is 0 Å². The van der Waals surface area contributed by atoms with Gasteiger partial charge in [-0.1, -0.05) is 121 Å². The van der Waals surface area contributed by atoms with Gasteiger partial charge in [-0.3, -0.25) is 52.9 Å². The highest BCUT2D eigenvalue weighted by Gasteiger charge is 2.35. The molecule has 0 spiro atoms. The maximum absolute atomic E-state index is 14.5. The predicted octanol–water partition coefficient (Wildman–Crippen LogP) is 4.61. The number of carbonyl (C=O) groups excluding carboxylic acids is 10. The first kappa shape index (κ1) is 73.5. The lowest BCUT2D eigenvalue weighted by molar-refractivity contribution is -0.136. The summed E-state index contributed by atoms with van der Waals surface area (Å²) in [6.45, 7) is 5.47. The van der Waals surface area contributed by atoms with Crippen LogP contribution >= 0.6 is 11.8 Å². The molecule has 1 aliphatic heterocycles. The number of nitrogens with zero attached hydrogens (tertiary/aromatic N) is 1. The number of aliphatic imine (C=N–C) groups is 1. The molecule has 0 aromatic heterocycles. The van der Waals surface area contributed by atoms with Crippen LogP contribution in [0.2, 0.25) is 0 Å². The van der Waals surface area contributed by atoms with Gasteiger partial charge in [0.2, 0.25) is 29.5 Å². The fraction of sp³-hybridized carbons (Fsp3) is 0.721. The summed E-state index contributed by atoms with van der Waals surface area (Å²) in [7, 11) is 0. The van der Waals surface area contributed by atoms with Crippen molar-refractivity contribution < 1.29 is 59.6 Å². The van der Waals surface area contributed by atoms with Crippen molar-refractivity contribution in [1.82, 2.24) is 26.6 Å². The van der Waals surface area contributed by atoms with Gasteiger partial charge in [-0.05, 0) is 77.2 Å². The summed E-state index contributed by atoms with van der Waals surface area (Å²) in [4.78, 5) is 142. The van der Waals surface area contributed by atoms with E-state index in [-0.39, 0.29) is 63.3 Å². The van der Waals surface area contributed by atoms with Crippen molar-refractivity contribution in [3.05, 3.63) is 35.9 Å². The van der Waals surface area contributed by atoms with Crippen LogP contribution in [-0.2, 0) is 54.4 Å². The highest BCUT2D eigenvalue weighted by atomic mass is 32.2. The maximum atomic E-state index is 14.5. The minimum Gasteiger partial charge on any atom is -0.393 e. The number of amides is 5. The molecular weight excluding hydrogens is 1080 g/mol. The lowest BCUT2D eigenvalue weighted by Crippen LogP contribution is -2.58. The molecule has 0 saturated carbocycles. The Kier molecular flexibility index (Phi) is 38.2. The zero-order valence-electron chi connectivity index (χ0n) is 50.1.